The molecule has 0 saturated carbocycles. The summed E-state index contributed by atoms with van der Waals surface area (Å²) in [5.74, 6) is 0. The molecule has 0 radical (unpaired) electrons. The van der Waals surface area contributed by atoms with Crippen LogP contribution >= 0.6 is 0 Å². The number of aromatic amines is 1. The summed E-state index contributed by atoms with van der Waals surface area (Å²) in [6, 6.07) is 12.2. The van der Waals surface area contributed by atoms with Crippen molar-refractivity contribution in [3.8, 4) is 11.4 Å². The Labute approximate surface area is 133 Å². The van der Waals surface area contributed by atoms with Crippen molar-refractivity contribution in [3.63, 3.8) is 0 Å². The van der Waals surface area contributed by atoms with Crippen molar-refractivity contribution in [3.05, 3.63) is 64.7 Å². The van der Waals surface area contributed by atoms with Crippen molar-refractivity contribution >= 4 is 21.7 Å². The van der Waals surface area contributed by atoms with Gasteiger partial charge < -0.3 is 9.55 Å². The summed E-state index contributed by atoms with van der Waals surface area (Å²) in [5, 5.41) is 2.78. The van der Waals surface area contributed by atoms with Crippen LogP contribution in [0, 0.1) is 0 Å². The van der Waals surface area contributed by atoms with Gasteiger partial charge >= 0.3 is 0 Å². The van der Waals surface area contributed by atoms with Gasteiger partial charge in [-0.15, -0.1) is 0 Å². The molecule has 4 aromatic rings. The van der Waals surface area contributed by atoms with Crippen LogP contribution in [-0.4, -0.2) is 14.5 Å². The number of H-pyrrole nitrogens is 1. The fraction of sp³-hybridized carbons (Fsp3) is 0.158. The van der Waals surface area contributed by atoms with Crippen molar-refractivity contribution in [1.29, 1.82) is 0 Å². The second kappa shape index (κ2) is 5.09. The predicted octanol–water partition coefficient (Wildman–Crippen LogP) is 3.64. The van der Waals surface area contributed by atoms with Crippen molar-refractivity contribution in [2.45, 2.75) is 13.3 Å². The van der Waals surface area contributed by atoms with Crippen LogP contribution in [0.3, 0.4) is 0 Å². The van der Waals surface area contributed by atoms with Gasteiger partial charge in [-0.25, -0.2) is 0 Å². The maximum absolute atomic E-state index is 12.6. The fourth-order valence-electron chi connectivity index (χ4n) is 3.27. The molecule has 0 spiro atoms. The lowest BCUT2D eigenvalue weighted by Crippen LogP contribution is -2.19. The van der Waals surface area contributed by atoms with E-state index >= 15 is 0 Å². The van der Waals surface area contributed by atoms with Crippen LogP contribution in [0.25, 0.3) is 33.1 Å². The Morgan fingerprint density at radius 2 is 2.00 bits per heavy atom. The number of aromatic nitrogens is 3. The van der Waals surface area contributed by atoms with E-state index in [4.69, 9.17) is 0 Å². The third-order valence-electron chi connectivity index (χ3n) is 4.47. The number of hydrogen-bond donors (Lipinski definition) is 1. The van der Waals surface area contributed by atoms with Crippen molar-refractivity contribution < 1.29 is 0 Å². The van der Waals surface area contributed by atoms with E-state index in [9.17, 15) is 4.79 Å². The smallest absolute Gasteiger partial charge is 0.260 e. The number of hydrogen-bond acceptors (Lipinski definition) is 2. The van der Waals surface area contributed by atoms with E-state index in [1.54, 1.807) is 17.0 Å². The number of pyridine rings is 2. The molecule has 0 unspecified atom stereocenters. The Morgan fingerprint density at radius 3 is 2.83 bits per heavy atom. The topological polar surface area (TPSA) is 50.7 Å². The maximum Gasteiger partial charge on any atom is 0.260 e. The van der Waals surface area contributed by atoms with Crippen LogP contribution in [0.2, 0.25) is 0 Å². The molecule has 0 bridgehead atoms. The summed E-state index contributed by atoms with van der Waals surface area (Å²) in [5.41, 5.74) is 4.24. The number of fused-ring (bicyclic) bond motifs is 2. The maximum atomic E-state index is 12.6. The predicted molar refractivity (Wildman–Crippen MR) is 93.7 cm³/mol. The van der Waals surface area contributed by atoms with E-state index in [1.165, 1.54) is 10.9 Å². The SMILES string of the molecule is CCc1c(-c2cc3ccncc3c(=O)n2C)[nH]c2ccccc12. The van der Waals surface area contributed by atoms with Gasteiger partial charge in [-0.3, -0.25) is 9.78 Å². The number of nitrogens with one attached hydrogen (secondary N) is 1. The Balaban J connectivity index is 2.10. The first-order valence-electron chi connectivity index (χ1n) is 7.74. The second-order valence-electron chi connectivity index (χ2n) is 5.73. The van der Waals surface area contributed by atoms with Crippen LogP contribution in [0.15, 0.2) is 53.6 Å². The number of rotatable bonds is 2. The van der Waals surface area contributed by atoms with Gasteiger partial charge in [0.2, 0.25) is 0 Å². The van der Waals surface area contributed by atoms with E-state index in [1.807, 2.05) is 25.2 Å². The van der Waals surface area contributed by atoms with E-state index < -0.39 is 0 Å². The lowest BCUT2D eigenvalue weighted by molar-refractivity contribution is 0.876. The number of aryl methyl sites for hydroxylation is 1. The Bertz CT molecular complexity index is 1090. The lowest BCUT2D eigenvalue weighted by Gasteiger charge is -2.10. The van der Waals surface area contributed by atoms with Crippen LogP contribution < -0.4 is 5.56 Å². The molecule has 1 N–H and O–H groups in total. The van der Waals surface area contributed by atoms with E-state index in [2.05, 4.69) is 35.1 Å². The van der Waals surface area contributed by atoms with Gasteiger partial charge in [0.1, 0.15) is 0 Å². The molecule has 3 heterocycles. The largest absolute Gasteiger partial charge is 0.353 e. The minimum absolute atomic E-state index is 0.0219. The number of benzene rings is 1. The van der Waals surface area contributed by atoms with Crippen molar-refractivity contribution in [2.24, 2.45) is 7.05 Å². The third kappa shape index (κ3) is 1.99. The standard InChI is InChI=1S/C19H17N3O/c1-3-13-14-6-4-5-7-16(14)21-18(13)17-10-12-8-9-20-11-15(12)19(23)22(17)2/h4-11,21H,3H2,1-2H3. The van der Waals surface area contributed by atoms with Crippen LogP contribution in [0.4, 0.5) is 0 Å². The van der Waals surface area contributed by atoms with Gasteiger partial charge in [-0.2, -0.15) is 0 Å². The van der Waals surface area contributed by atoms with Crippen LogP contribution in [0.1, 0.15) is 12.5 Å². The first-order chi connectivity index (χ1) is 11.2. The summed E-state index contributed by atoms with van der Waals surface area (Å²) in [6.45, 7) is 2.14. The molecule has 0 aliphatic carbocycles. The minimum Gasteiger partial charge on any atom is -0.353 e. The highest BCUT2D eigenvalue weighted by Crippen LogP contribution is 2.31. The number of para-hydroxylation sites is 1. The van der Waals surface area contributed by atoms with Crippen LogP contribution in [-0.2, 0) is 13.5 Å². The molecule has 23 heavy (non-hydrogen) atoms. The molecule has 0 fully saturated rings. The third-order valence-corrected chi connectivity index (χ3v) is 4.47. The molecule has 0 aliphatic rings. The molecule has 114 valence electrons. The molecule has 4 heteroatoms. The van der Waals surface area contributed by atoms with E-state index in [0.29, 0.717) is 5.39 Å². The van der Waals surface area contributed by atoms with Crippen molar-refractivity contribution in [1.82, 2.24) is 14.5 Å². The van der Waals surface area contributed by atoms with E-state index in [0.717, 1.165) is 28.7 Å². The number of nitrogens with zero attached hydrogens (tertiary/aromatic N) is 2. The zero-order valence-corrected chi connectivity index (χ0v) is 13.1. The summed E-state index contributed by atoms with van der Waals surface area (Å²) in [4.78, 5) is 20.2. The molecule has 0 aliphatic heterocycles. The highest BCUT2D eigenvalue weighted by atomic mass is 16.1. The van der Waals surface area contributed by atoms with Crippen molar-refractivity contribution in [2.75, 3.05) is 0 Å². The van der Waals surface area contributed by atoms with Gasteiger partial charge in [0.15, 0.2) is 0 Å². The second-order valence-corrected chi connectivity index (χ2v) is 5.73. The molecule has 0 amide bonds. The monoisotopic (exact) mass is 303 g/mol. The van der Waals surface area contributed by atoms with Gasteiger partial charge in [0.25, 0.3) is 5.56 Å². The summed E-state index contributed by atoms with van der Waals surface area (Å²) in [6.07, 6.45) is 4.26. The Kier molecular flexibility index (Phi) is 3.05. The molecule has 1 aromatic carbocycles. The van der Waals surface area contributed by atoms with Crippen LogP contribution in [0.5, 0.6) is 0 Å². The normalized spacial score (nSPS) is 11.4. The molecule has 4 nitrogen and oxygen atoms in total. The summed E-state index contributed by atoms with van der Waals surface area (Å²) in [7, 11) is 1.81. The molecule has 3 aromatic heterocycles. The van der Waals surface area contributed by atoms with Gasteiger partial charge in [-0.05, 0) is 35.6 Å². The lowest BCUT2D eigenvalue weighted by atomic mass is 10.0. The van der Waals surface area contributed by atoms with E-state index in [-0.39, 0.29) is 5.56 Å². The fourth-order valence-corrected chi connectivity index (χ4v) is 3.27. The average Bonchev–Trinajstić information content (AvgIpc) is 2.96. The quantitative estimate of drug-likeness (QED) is 0.614. The first-order valence-corrected chi connectivity index (χ1v) is 7.74. The summed E-state index contributed by atoms with van der Waals surface area (Å²) >= 11 is 0. The zero-order valence-electron chi connectivity index (χ0n) is 13.1. The Morgan fingerprint density at radius 1 is 1.17 bits per heavy atom. The first kappa shape index (κ1) is 13.8. The molecular weight excluding hydrogens is 286 g/mol. The molecule has 0 saturated heterocycles. The molecule has 4 rings (SSSR count). The molecule has 0 atom stereocenters. The highest BCUT2D eigenvalue weighted by Gasteiger charge is 2.15. The zero-order chi connectivity index (χ0) is 16.0. The van der Waals surface area contributed by atoms with Gasteiger partial charge in [0, 0.05) is 30.3 Å². The summed E-state index contributed by atoms with van der Waals surface area (Å²) < 4.78 is 1.70. The minimum atomic E-state index is -0.0219. The van der Waals surface area contributed by atoms with Gasteiger partial charge in [0.05, 0.1) is 16.8 Å². The average molecular weight is 303 g/mol. The van der Waals surface area contributed by atoms with Gasteiger partial charge in [-0.1, -0.05) is 25.1 Å². The molecular formula is C19H17N3O. The Hall–Kier alpha value is -2.88. The highest BCUT2D eigenvalue weighted by molar-refractivity contribution is 5.92.